The molecule has 1 aromatic carbocycles. The predicted molar refractivity (Wildman–Crippen MR) is 69.5 cm³/mol. The Kier molecular flexibility index (Phi) is 3.36. The van der Waals surface area contributed by atoms with Crippen molar-refractivity contribution >= 4 is 28.6 Å². The van der Waals surface area contributed by atoms with Gasteiger partial charge in [-0.15, -0.1) is 11.3 Å². The molecule has 1 atom stereocenters. The molecular formula is C12H12ClNOS. The summed E-state index contributed by atoms with van der Waals surface area (Å²) in [7, 11) is 0. The second-order valence-corrected chi connectivity index (χ2v) is 5.30. The molecule has 1 unspecified atom stereocenters. The van der Waals surface area contributed by atoms with Gasteiger partial charge >= 0.3 is 0 Å². The van der Waals surface area contributed by atoms with E-state index in [0.29, 0.717) is 0 Å². The van der Waals surface area contributed by atoms with Crippen LogP contribution in [0.5, 0.6) is 5.75 Å². The molecule has 0 radical (unpaired) electrons. The van der Waals surface area contributed by atoms with Gasteiger partial charge in [0, 0.05) is 16.6 Å². The van der Waals surface area contributed by atoms with Crippen molar-refractivity contribution in [3.05, 3.63) is 45.6 Å². The van der Waals surface area contributed by atoms with Gasteiger partial charge < -0.3 is 10.4 Å². The maximum Gasteiger partial charge on any atom is 0.117 e. The van der Waals surface area contributed by atoms with Crippen molar-refractivity contribution in [1.82, 2.24) is 0 Å². The minimum absolute atomic E-state index is 0.180. The molecule has 1 heterocycles. The number of rotatable bonds is 3. The molecule has 0 spiro atoms. The summed E-state index contributed by atoms with van der Waals surface area (Å²) in [4.78, 5) is 1.17. The average Bonchev–Trinajstić information content (AvgIpc) is 2.65. The molecule has 0 aliphatic heterocycles. The van der Waals surface area contributed by atoms with Gasteiger partial charge in [0.15, 0.2) is 0 Å². The molecule has 2 rings (SSSR count). The number of hydrogen-bond acceptors (Lipinski definition) is 3. The lowest BCUT2D eigenvalue weighted by atomic mass is 10.2. The van der Waals surface area contributed by atoms with Crippen LogP contribution in [-0.4, -0.2) is 5.11 Å². The van der Waals surface area contributed by atoms with E-state index < -0.39 is 0 Å². The lowest BCUT2D eigenvalue weighted by Gasteiger charge is -2.13. The molecule has 0 saturated heterocycles. The monoisotopic (exact) mass is 253 g/mol. The van der Waals surface area contributed by atoms with Crippen molar-refractivity contribution < 1.29 is 5.11 Å². The molecule has 0 aliphatic rings. The molecule has 2 N–H and O–H groups in total. The van der Waals surface area contributed by atoms with Crippen molar-refractivity contribution in [3.8, 4) is 5.75 Å². The third-order valence-corrected chi connectivity index (χ3v) is 3.66. The molecule has 0 aliphatic carbocycles. The van der Waals surface area contributed by atoms with Gasteiger partial charge in [-0.1, -0.05) is 17.7 Å². The van der Waals surface area contributed by atoms with E-state index in [-0.39, 0.29) is 11.8 Å². The first-order valence-corrected chi connectivity index (χ1v) is 6.15. The molecule has 16 heavy (non-hydrogen) atoms. The highest BCUT2D eigenvalue weighted by Crippen LogP contribution is 2.29. The van der Waals surface area contributed by atoms with Gasteiger partial charge in [-0.2, -0.15) is 0 Å². The number of phenolic OH excluding ortho intramolecular Hbond substituents is 1. The highest BCUT2D eigenvalue weighted by molar-refractivity contribution is 7.16. The topological polar surface area (TPSA) is 32.3 Å². The molecular weight excluding hydrogens is 242 g/mol. The number of hydrogen-bond donors (Lipinski definition) is 2. The molecule has 0 saturated carbocycles. The average molecular weight is 254 g/mol. The summed E-state index contributed by atoms with van der Waals surface area (Å²) >= 11 is 7.44. The fourth-order valence-corrected chi connectivity index (χ4v) is 2.54. The SMILES string of the molecule is CC(Nc1cccc(O)c1)c1ccc(Cl)s1. The van der Waals surface area contributed by atoms with E-state index in [9.17, 15) is 5.11 Å². The van der Waals surface area contributed by atoms with Crippen LogP contribution in [0, 0.1) is 0 Å². The maximum atomic E-state index is 9.34. The van der Waals surface area contributed by atoms with E-state index in [1.165, 1.54) is 4.88 Å². The minimum Gasteiger partial charge on any atom is -0.508 e. The molecule has 2 nitrogen and oxygen atoms in total. The Balaban J connectivity index is 2.10. The van der Waals surface area contributed by atoms with E-state index in [1.54, 1.807) is 23.5 Å². The summed E-state index contributed by atoms with van der Waals surface area (Å²) in [6.07, 6.45) is 0. The highest BCUT2D eigenvalue weighted by Gasteiger charge is 2.07. The normalized spacial score (nSPS) is 12.4. The highest BCUT2D eigenvalue weighted by atomic mass is 35.5. The van der Waals surface area contributed by atoms with E-state index in [0.717, 1.165) is 10.0 Å². The van der Waals surface area contributed by atoms with Crippen LogP contribution in [-0.2, 0) is 0 Å². The van der Waals surface area contributed by atoms with E-state index in [4.69, 9.17) is 11.6 Å². The summed E-state index contributed by atoms with van der Waals surface area (Å²) in [6.45, 7) is 2.06. The third-order valence-electron chi connectivity index (χ3n) is 2.25. The fourth-order valence-electron chi connectivity index (χ4n) is 1.48. The zero-order valence-electron chi connectivity index (χ0n) is 8.77. The first kappa shape index (κ1) is 11.3. The number of halogens is 1. The van der Waals surface area contributed by atoms with Crippen LogP contribution in [0.3, 0.4) is 0 Å². The van der Waals surface area contributed by atoms with Crippen LogP contribution in [0.2, 0.25) is 4.34 Å². The summed E-state index contributed by atoms with van der Waals surface area (Å²) in [6, 6.07) is 11.2. The largest absolute Gasteiger partial charge is 0.508 e. The number of aromatic hydroxyl groups is 1. The van der Waals surface area contributed by atoms with E-state index >= 15 is 0 Å². The molecule has 0 amide bonds. The number of benzene rings is 1. The predicted octanol–water partition coefficient (Wildman–Crippen LogP) is 4.28. The Labute approximate surface area is 104 Å². The zero-order chi connectivity index (χ0) is 11.5. The molecule has 0 bridgehead atoms. The van der Waals surface area contributed by atoms with Gasteiger partial charge in [0.25, 0.3) is 0 Å². The van der Waals surface area contributed by atoms with Gasteiger partial charge in [-0.05, 0) is 31.2 Å². The smallest absolute Gasteiger partial charge is 0.117 e. The van der Waals surface area contributed by atoms with E-state index in [2.05, 4.69) is 12.2 Å². The van der Waals surface area contributed by atoms with Crippen molar-refractivity contribution in [2.75, 3.05) is 5.32 Å². The van der Waals surface area contributed by atoms with Crippen molar-refractivity contribution in [2.24, 2.45) is 0 Å². The Bertz CT molecular complexity index is 483. The summed E-state index contributed by atoms with van der Waals surface area (Å²) < 4.78 is 0.791. The number of phenols is 1. The van der Waals surface area contributed by atoms with Crippen LogP contribution < -0.4 is 5.32 Å². The van der Waals surface area contributed by atoms with Gasteiger partial charge in [0.1, 0.15) is 5.75 Å². The minimum atomic E-state index is 0.180. The molecule has 2 aromatic rings. The third kappa shape index (κ3) is 2.68. The van der Waals surface area contributed by atoms with Crippen LogP contribution in [0.15, 0.2) is 36.4 Å². The van der Waals surface area contributed by atoms with Crippen molar-refractivity contribution in [2.45, 2.75) is 13.0 Å². The van der Waals surface area contributed by atoms with Gasteiger partial charge in [0.05, 0.1) is 10.4 Å². The van der Waals surface area contributed by atoms with Gasteiger partial charge in [0.2, 0.25) is 0 Å². The van der Waals surface area contributed by atoms with Gasteiger partial charge in [-0.3, -0.25) is 0 Å². The van der Waals surface area contributed by atoms with Gasteiger partial charge in [-0.25, -0.2) is 0 Å². The van der Waals surface area contributed by atoms with Crippen molar-refractivity contribution in [1.29, 1.82) is 0 Å². The fraction of sp³-hybridized carbons (Fsp3) is 0.167. The maximum absolute atomic E-state index is 9.34. The Hall–Kier alpha value is -1.19. The second-order valence-electron chi connectivity index (χ2n) is 3.56. The molecule has 4 heteroatoms. The lowest BCUT2D eigenvalue weighted by Crippen LogP contribution is -2.04. The first-order chi connectivity index (χ1) is 7.65. The number of nitrogens with one attached hydrogen (secondary N) is 1. The summed E-state index contributed by atoms with van der Waals surface area (Å²) in [5.74, 6) is 0.265. The van der Waals surface area contributed by atoms with Crippen molar-refractivity contribution in [3.63, 3.8) is 0 Å². The van der Waals surface area contributed by atoms with Crippen LogP contribution in [0.1, 0.15) is 17.8 Å². The lowest BCUT2D eigenvalue weighted by molar-refractivity contribution is 0.475. The Morgan fingerprint density at radius 2 is 2.12 bits per heavy atom. The number of thiophene rings is 1. The second kappa shape index (κ2) is 4.76. The van der Waals surface area contributed by atoms with Crippen LogP contribution >= 0.6 is 22.9 Å². The standard InChI is InChI=1S/C12H12ClNOS/c1-8(11-5-6-12(13)16-11)14-9-3-2-4-10(15)7-9/h2-8,14-15H,1H3. The summed E-state index contributed by atoms with van der Waals surface area (Å²) in [5, 5.41) is 12.6. The number of anilines is 1. The first-order valence-electron chi connectivity index (χ1n) is 4.96. The Morgan fingerprint density at radius 1 is 1.31 bits per heavy atom. The quantitative estimate of drug-likeness (QED) is 0.856. The molecule has 84 valence electrons. The zero-order valence-corrected chi connectivity index (χ0v) is 10.3. The van der Waals surface area contributed by atoms with Crippen LogP contribution in [0.25, 0.3) is 0 Å². The Morgan fingerprint density at radius 3 is 2.75 bits per heavy atom. The molecule has 1 aromatic heterocycles. The molecule has 0 fully saturated rings. The summed E-state index contributed by atoms with van der Waals surface area (Å²) in [5.41, 5.74) is 0.900. The van der Waals surface area contributed by atoms with Crippen LogP contribution in [0.4, 0.5) is 5.69 Å². The van der Waals surface area contributed by atoms with E-state index in [1.807, 2.05) is 24.3 Å².